The van der Waals surface area contributed by atoms with Crippen LogP contribution in [0.15, 0.2) is 24.3 Å². The third-order valence-corrected chi connectivity index (χ3v) is 7.03. The van der Waals surface area contributed by atoms with Crippen LogP contribution in [0, 0.1) is 6.92 Å². The standard InChI is InChI=1S/C22H30N4O3/c1-17-4-2-5-18(14-17)24-11-9-23(10-12-24)16-21(28)25-8-6-22-19(25)15-20(27)26(22)7-3-13-29-22/h2,4-5,14,19H,3,6-13,15-16H2,1H3/t19-,22+/m1/s1. The predicted molar refractivity (Wildman–Crippen MR) is 110 cm³/mol. The van der Waals surface area contributed by atoms with Gasteiger partial charge in [0.25, 0.3) is 0 Å². The highest BCUT2D eigenvalue weighted by Gasteiger charge is 2.61. The summed E-state index contributed by atoms with van der Waals surface area (Å²) in [5.41, 5.74) is 1.99. The van der Waals surface area contributed by atoms with Gasteiger partial charge in [-0.25, -0.2) is 0 Å². The van der Waals surface area contributed by atoms with Crippen molar-refractivity contribution in [3.05, 3.63) is 29.8 Å². The van der Waals surface area contributed by atoms with Crippen molar-refractivity contribution >= 4 is 17.5 Å². The Morgan fingerprint density at radius 2 is 2.00 bits per heavy atom. The number of piperazine rings is 1. The Bertz CT molecular complexity index is 807. The van der Waals surface area contributed by atoms with Crippen molar-refractivity contribution in [2.45, 2.75) is 38.0 Å². The van der Waals surface area contributed by atoms with Gasteiger partial charge >= 0.3 is 0 Å². The summed E-state index contributed by atoms with van der Waals surface area (Å²) in [6.45, 7) is 8.31. The van der Waals surface area contributed by atoms with Crippen LogP contribution in [0.2, 0.25) is 0 Å². The van der Waals surface area contributed by atoms with E-state index in [0.717, 1.165) is 45.6 Å². The Kier molecular flexibility index (Phi) is 4.75. The summed E-state index contributed by atoms with van der Waals surface area (Å²) in [5.74, 6) is 0.277. The highest BCUT2D eigenvalue weighted by Crippen LogP contribution is 2.44. The molecule has 0 saturated carbocycles. The van der Waals surface area contributed by atoms with Crippen LogP contribution in [0.4, 0.5) is 5.69 Å². The van der Waals surface area contributed by atoms with Gasteiger partial charge in [-0.15, -0.1) is 0 Å². The molecule has 4 aliphatic heterocycles. The number of hydrogen-bond donors (Lipinski definition) is 0. The Labute approximate surface area is 172 Å². The van der Waals surface area contributed by atoms with Gasteiger partial charge in [0.15, 0.2) is 5.72 Å². The quantitative estimate of drug-likeness (QED) is 0.762. The number of ether oxygens (including phenoxy) is 1. The molecule has 4 aliphatic rings. The normalized spacial score (nSPS) is 29.9. The minimum Gasteiger partial charge on any atom is -0.369 e. The second kappa shape index (κ2) is 7.29. The zero-order chi connectivity index (χ0) is 20.0. The average molecular weight is 399 g/mol. The molecule has 0 bridgehead atoms. The molecule has 0 aliphatic carbocycles. The molecule has 7 heteroatoms. The van der Waals surface area contributed by atoms with Gasteiger partial charge in [0.1, 0.15) is 0 Å². The first-order valence-electron chi connectivity index (χ1n) is 10.8. The van der Waals surface area contributed by atoms with E-state index >= 15 is 0 Å². The number of likely N-dealkylation sites (tertiary alicyclic amines) is 1. The fraction of sp³-hybridized carbons (Fsp3) is 0.636. The van der Waals surface area contributed by atoms with Gasteiger partial charge in [0.05, 0.1) is 25.6 Å². The minimum atomic E-state index is -0.547. The summed E-state index contributed by atoms with van der Waals surface area (Å²) in [6.07, 6.45) is 2.04. The molecule has 4 heterocycles. The monoisotopic (exact) mass is 398 g/mol. The Hall–Kier alpha value is -2.12. The van der Waals surface area contributed by atoms with Crippen molar-refractivity contribution < 1.29 is 14.3 Å². The van der Waals surface area contributed by atoms with E-state index in [-0.39, 0.29) is 17.9 Å². The van der Waals surface area contributed by atoms with Crippen LogP contribution in [0.5, 0.6) is 0 Å². The van der Waals surface area contributed by atoms with Gasteiger partial charge in [-0.2, -0.15) is 0 Å². The molecule has 0 N–H and O–H groups in total. The fourth-order valence-electron chi connectivity index (χ4n) is 5.52. The van der Waals surface area contributed by atoms with Gasteiger partial charge in [0.2, 0.25) is 11.8 Å². The van der Waals surface area contributed by atoms with Crippen LogP contribution in [0.3, 0.4) is 0 Å². The van der Waals surface area contributed by atoms with E-state index < -0.39 is 5.72 Å². The smallest absolute Gasteiger partial charge is 0.237 e. The number of carbonyl (C=O) groups is 2. The predicted octanol–water partition coefficient (Wildman–Crippen LogP) is 1.07. The molecule has 2 amide bonds. The molecule has 1 aromatic rings. The molecule has 29 heavy (non-hydrogen) atoms. The van der Waals surface area contributed by atoms with Crippen LogP contribution >= 0.6 is 0 Å². The van der Waals surface area contributed by atoms with Gasteiger partial charge < -0.3 is 19.4 Å². The lowest BCUT2D eigenvalue weighted by Gasteiger charge is -2.42. The van der Waals surface area contributed by atoms with Gasteiger partial charge in [0, 0.05) is 51.4 Å². The topological polar surface area (TPSA) is 56.3 Å². The summed E-state index contributed by atoms with van der Waals surface area (Å²) in [6, 6.07) is 8.48. The largest absolute Gasteiger partial charge is 0.369 e. The van der Waals surface area contributed by atoms with Crippen molar-refractivity contribution in [1.82, 2.24) is 14.7 Å². The molecule has 7 nitrogen and oxygen atoms in total. The zero-order valence-electron chi connectivity index (χ0n) is 17.2. The molecule has 0 aromatic heterocycles. The van der Waals surface area contributed by atoms with Gasteiger partial charge in [-0.3, -0.25) is 14.5 Å². The summed E-state index contributed by atoms with van der Waals surface area (Å²) in [7, 11) is 0. The first-order chi connectivity index (χ1) is 14.1. The maximum atomic E-state index is 13.1. The lowest BCUT2D eigenvalue weighted by atomic mass is 10.0. The van der Waals surface area contributed by atoms with Crippen molar-refractivity contribution in [3.8, 4) is 0 Å². The molecular weight excluding hydrogens is 368 g/mol. The maximum Gasteiger partial charge on any atom is 0.237 e. The molecule has 156 valence electrons. The number of benzene rings is 1. The van der Waals surface area contributed by atoms with Gasteiger partial charge in [-0.1, -0.05) is 12.1 Å². The summed E-state index contributed by atoms with van der Waals surface area (Å²) in [5, 5.41) is 0. The lowest BCUT2D eigenvalue weighted by molar-refractivity contribution is -0.181. The SMILES string of the molecule is Cc1cccc(N2CCN(CC(=O)N3CC[C@@]45OCCCN4C(=O)C[C@@H]35)CC2)c1. The number of rotatable bonds is 3. The van der Waals surface area contributed by atoms with Crippen molar-refractivity contribution in [1.29, 1.82) is 0 Å². The molecule has 5 rings (SSSR count). The van der Waals surface area contributed by atoms with Crippen molar-refractivity contribution in [2.24, 2.45) is 0 Å². The number of carbonyl (C=O) groups excluding carboxylic acids is 2. The first-order valence-corrected chi connectivity index (χ1v) is 10.8. The summed E-state index contributed by atoms with van der Waals surface area (Å²) >= 11 is 0. The third-order valence-electron chi connectivity index (χ3n) is 7.03. The second-order valence-electron chi connectivity index (χ2n) is 8.75. The van der Waals surface area contributed by atoms with E-state index in [9.17, 15) is 9.59 Å². The van der Waals surface area contributed by atoms with Crippen molar-refractivity contribution in [2.75, 3.05) is 57.3 Å². The maximum absolute atomic E-state index is 13.1. The Morgan fingerprint density at radius 1 is 1.17 bits per heavy atom. The van der Waals surface area contributed by atoms with Crippen LogP contribution in [0.1, 0.15) is 24.8 Å². The van der Waals surface area contributed by atoms with Crippen LogP contribution < -0.4 is 4.90 Å². The Morgan fingerprint density at radius 3 is 2.79 bits per heavy atom. The average Bonchev–Trinajstić information content (AvgIpc) is 3.21. The molecule has 4 saturated heterocycles. The number of hydrogen-bond acceptors (Lipinski definition) is 5. The fourth-order valence-corrected chi connectivity index (χ4v) is 5.52. The van der Waals surface area contributed by atoms with Crippen LogP contribution in [-0.4, -0.2) is 90.7 Å². The molecule has 4 fully saturated rings. The van der Waals surface area contributed by atoms with Crippen LogP contribution in [-0.2, 0) is 14.3 Å². The third kappa shape index (κ3) is 3.20. The highest BCUT2D eigenvalue weighted by molar-refractivity contribution is 5.85. The van der Waals surface area contributed by atoms with E-state index in [2.05, 4.69) is 41.0 Å². The molecular formula is C22H30N4O3. The van der Waals surface area contributed by atoms with Gasteiger partial charge in [-0.05, 0) is 31.0 Å². The van der Waals surface area contributed by atoms with E-state index in [1.165, 1.54) is 11.3 Å². The highest BCUT2D eigenvalue weighted by atomic mass is 16.5. The summed E-state index contributed by atoms with van der Waals surface area (Å²) < 4.78 is 6.12. The molecule has 0 unspecified atom stereocenters. The molecule has 1 aromatic carbocycles. The van der Waals surface area contributed by atoms with Crippen LogP contribution in [0.25, 0.3) is 0 Å². The number of nitrogens with zero attached hydrogens (tertiary/aromatic N) is 4. The molecule has 0 radical (unpaired) electrons. The van der Waals surface area contributed by atoms with E-state index in [4.69, 9.17) is 4.74 Å². The van der Waals surface area contributed by atoms with E-state index in [0.29, 0.717) is 26.1 Å². The Balaban J connectivity index is 1.19. The van der Waals surface area contributed by atoms with E-state index in [1.807, 2.05) is 9.80 Å². The molecule has 2 atom stereocenters. The minimum absolute atomic E-state index is 0.114. The molecule has 1 spiro atoms. The lowest BCUT2D eigenvalue weighted by Crippen LogP contribution is -2.57. The number of aryl methyl sites for hydroxylation is 1. The van der Waals surface area contributed by atoms with E-state index in [1.54, 1.807) is 0 Å². The summed E-state index contributed by atoms with van der Waals surface area (Å²) in [4.78, 5) is 34.0. The second-order valence-corrected chi connectivity index (χ2v) is 8.75. The van der Waals surface area contributed by atoms with Crippen molar-refractivity contribution in [3.63, 3.8) is 0 Å². The number of anilines is 1. The zero-order valence-corrected chi connectivity index (χ0v) is 17.2. The number of amides is 2. The first kappa shape index (κ1) is 18.9.